The van der Waals surface area contributed by atoms with Crippen molar-refractivity contribution >= 4 is 182 Å². The lowest BCUT2D eigenvalue weighted by molar-refractivity contribution is 0.758. The van der Waals surface area contributed by atoms with Crippen LogP contribution in [0.1, 0.15) is 405 Å². The third kappa shape index (κ3) is 27.1. The van der Waals surface area contributed by atoms with Gasteiger partial charge in [-0.3, -0.25) is 0 Å². The summed E-state index contributed by atoms with van der Waals surface area (Å²) in [5.41, 5.74) is 87.3. The predicted octanol–water partition coefficient (Wildman–Crippen LogP) is 22.1. The van der Waals surface area contributed by atoms with Gasteiger partial charge in [-0.25, -0.2) is 0 Å². The second kappa shape index (κ2) is 54.1. The minimum absolute atomic E-state index is 1.03. The molecule has 1 aliphatic rings. The van der Waals surface area contributed by atoms with E-state index in [1.165, 1.54) is 162 Å². The highest BCUT2D eigenvalue weighted by atomic mass is 32.1. The first-order valence-corrected chi connectivity index (χ1v) is 54.8. The Balaban J connectivity index is 1.67. The fourth-order valence-electron chi connectivity index (χ4n) is 16.4. The molecule has 0 spiro atoms. The number of fused-ring (bicyclic) bond motifs is 16. The molecule has 640 valence electrons. The van der Waals surface area contributed by atoms with E-state index >= 15 is 0 Å². The highest BCUT2D eigenvalue weighted by Gasteiger charge is 2.19. The number of unbranched alkanes of at least 4 members (excludes halogenated alkanes) is 16. The maximum atomic E-state index is 4.01. The van der Waals surface area contributed by atoms with Crippen LogP contribution in [-0.4, -0.2) is 0 Å². The first kappa shape index (κ1) is 97.9. The van der Waals surface area contributed by atoms with Gasteiger partial charge in [-0.1, -0.05) is 214 Å². The van der Waals surface area contributed by atoms with Crippen molar-refractivity contribution in [1.29, 1.82) is 0 Å². The van der Waals surface area contributed by atoms with Crippen molar-refractivity contribution in [3.05, 3.63) is 162 Å². The molecule has 120 heavy (non-hydrogen) atoms. The molecule has 0 aromatic carbocycles. The SMILES string of the molecule is CCCCc1c(CCCC)c2sc1=C=C=c1sc(c(CCCC)c1CCCC)=C=C=c1sc(c(CCCC)c1CCCC)=C=C=c1sc(c(CCCC)c1CCCC)=C=C=c1sc(c(CCCC)c1CCCC)=C=C=c1sc(c(CCCC)c1CCCC)=C=C=c1sc(c(CCCC)c1CCCC)=C=C=c1sc(c(CCCC)c1CCCC)=C=C=2. The van der Waals surface area contributed by atoms with Crippen molar-refractivity contribution < 1.29 is 0 Å². The second-order valence-corrected chi connectivity index (χ2v) is 41.6. The van der Waals surface area contributed by atoms with E-state index in [1.54, 1.807) is 0 Å². The molecule has 8 aromatic heterocycles. The average Bonchev–Trinajstić information content (AvgIpc) is 1.64. The molecular formula is C112H144S8. The van der Waals surface area contributed by atoms with Gasteiger partial charge in [0.05, 0.1) is 72.5 Å². The van der Waals surface area contributed by atoms with E-state index in [0.29, 0.717) is 0 Å². The van der Waals surface area contributed by atoms with Gasteiger partial charge in [-0.05, 0) is 386 Å². The third-order valence-electron chi connectivity index (χ3n) is 23.7. The maximum Gasteiger partial charge on any atom is 0.0820 e. The van der Waals surface area contributed by atoms with E-state index in [-0.39, 0.29) is 0 Å². The molecule has 0 N–H and O–H groups in total. The monoisotopic (exact) mass is 1740 g/mol. The molecule has 16 bridgehead atoms. The predicted molar refractivity (Wildman–Crippen MR) is 541 cm³/mol. The van der Waals surface area contributed by atoms with E-state index < -0.39 is 0 Å². The third-order valence-corrected chi connectivity index (χ3v) is 32.6. The van der Waals surface area contributed by atoms with Gasteiger partial charge < -0.3 is 0 Å². The molecule has 0 unspecified atom stereocenters. The lowest BCUT2D eigenvalue weighted by Crippen LogP contribution is -2.08. The molecule has 0 radical (unpaired) electrons. The quantitative estimate of drug-likeness (QED) is 0.0357. The van der Waals surface area contributed by atoms with Gasteiger partial charge in [0.1, 0.15) is 0 Å². The number of hydrogen-bond acceptors (Lipinski definition) is 8. The lowest BCUT2D eigenvalue weighted by Gasteiger charge is -2.03. The number of rotatable bonds is 48. The molecule has 0 nitrogen and oxygen atoms in total. The summed E-state index contributed by atoms with van der Waals surface area (Å²) in [6, 6.07) is 0. The van der Waals surface area contributed by atoms with Crippen LogP contribution >= 0.6 is 90.7 Å². The van der Waals surface area contributed by atoms with E-state index in [0.717, 1.165) is 308 Å². The minimum atomic E-state index is 1.03. The average molecular weight is 1750 g/mol. The smallest absolute Gasteiger partial charge is 0.0820 e. The van der Waals surface area contributed by atoms with E-state index in [4.69, 9.17) is 0 Å². The highest BCUT2D eigenvalue weighted by molar-refractivity contribution is 7.10. The Morgan fingerprint density at radius 3 is 0.217 bits per heavy atom. The van der Waals surface area contributed by atoms with E-state index in [1.807, 2.05) is 90.7 Å². The standard InChI is InChI=1S/C112H144S8/c1-17-33-49-81-82(50-34-18-2)98-67-68-100-85(53-37-21-5)86(54-38-22-6)102(115-100)71-72-104-89(57-41-25-9)90(58-42-26-10)106(117-104)75-76-108-93(61-45-29-13)94(62-46-30-14)110(119-108)79-80-112-96(64-48-32-16)95(63-47-31-15)111(120-112)78-77-109-92(60-44-28-12)91(59-43-27-11)107(118-109)74-73-105-88(56-40-24-8)87(55-39-23-7)103(116-105)70-69-101-84(52-36-20-4)83(51-35-19-3)99(114-101)66-65-97(81)113-98/h17-64H2,1-16H3. The zero-order valence-corrected chi connectivity index (χ0v) is 83.7. The molecule has 9 heterocycles. The summed E-state index contributed by atoms with van der Waals surface area (Å²) in [6.45, 7) is 37.5. The molecule has 8 heteroatoms. The Bertz CT molecular complexity index is 4750. The van der Waals surface area contributed by atoms with Crippen LogP contribution in [0.5, 0.6) is 0 Å². The summed E-state index contributed by atoms with van der Waals surface area (Å²) >= 11 is 15.0. The topological polar surface area (TPSA) is 0 Å². The summed E-state index contributed by atoms with van der Waals surface area (Å²) < 4.78 is 19.4. The largest absolute Gasteiger partial charge is 0.117 e. The summed E-state index contributed by atoms with van der Waals surface area (Å²) in [6.07, 6.45) is 52.8. The van der Waals surface area contributed by atoms with Crippen molar-refractivity contribution in [2.24, 2.45) is 0 Å². The van der Waals surface area contributed by atoms with Gasteiger partial charge in [-0.2, -0.15) is 0 Å². The van der Waals surface area contributed by atoms with Gasteiger partial charge in [0.2, 0.25) is 0 Å². The van der Waals surface area contributed by atoms with Crippen LogP contribution in [0.2, 0.25) is 0 Å². The zero-order chi connectivity index (χ0) is 85.4. The maximum absolute atomic E-state index is 4.01. The molecule has 1 aliphatic heterocycles. The van der Waals surface area contributed by atoms with Gasteiger partial charge in [-0.15, -0.1) is 90.7 Å². The zero-order valence-electron chi connectivity index (χ0n) is 77.2. The fraction of sp³-hybridized carbons (Fsp3) is 0.571. The Morgan fingerprint density at radius 1 is 0.108 bits per heavy atom. The van der Waals surface area contributed by atoms with Crippen LogP contribution in [0.4, 0.5) is 0 Å². The van der Waals surface area contributed by atoms with Crippen LogP contribution < -0.4 is 72.5 Å². The number of thiophene rings is 8. The van der Waals surface area contributed by atoms with E-state index in [2.05, 4.69) is 202 Å². The Morgan fingerprint density at radius 2 is 0.167 bits per heavy atom. The van der Waals surface area contributed by atoms with Gasteiger partial charge >= 0.3 is 0 Å². The lowest BCUT2D eigenvalue weighted by atomic mass is 10.0. The van der Waals surface area contributed by atoms with Crippen LogP contribution in [-0.2, 0) is 103 Å². The highest BCUT2D eigenvalue weighted by Crippen LogP contribution is 2.20. The van der Waals surface area contributed by atoms with Gasteiger partial charge in [0.25, 0.3) is 0 Å². The first-order valence-electron chi connectivity index (χ1n) is 48.2. The molecule has 0 fully saturated rings. The van der Waals surface area contributed by atoms with Crippen LogP contribution in [0.15, 0.2) is 0 Å². The number of hydrogen-bond donors (Lipinski definition) is 0. The van der Waals surface area contributed by atoms with Crippen LogP contribution in [0.3, 0.4) is 0 Å². The van der Waals surface area contributed by atoms with E-state index in [9.17, 15) is 0 Å². The molecule has 9 rings (SSSR count). The second-order valence-electron chi connectivity index (χ2n) is 33.4. The van der Waals surface area contributed by atoms with Gasteiger partial charge in [0.15, 0.2) is 0 Å². The Hall–Kier alpha value is -5.92. The summed E-state index contributed by atoms with van der Waals surface area (Å²) in [5.74, 6) is 0. The Kier molecular flexibility index (Phi) is 44.1. The van der Waals surface area contributed by atoms with Crippen molar-refractivity contribution in [2.45, 2.75) is 419 Å². The molecule has 0 saturated heterocycles. The summed E-state index contributed by atoms with van der Waals surface area (Å²) in [5, 5.41) is 0. The van der Waals surface area contributed by atoms with Crippen LogP contribution in [0.25, 0.3) is 91.7 Å². The Labute approximate surface area is 756 Å². The van der Waals surface area contributed by atoms with Crippen molar-refractivity contribution in [3.8, 4) is 0 Å². The molecule has 0 saturated carbocycles. The molecule has 0 aliphatic carbocycles. The molecule has 0 amide bonds. The molecular weight excluding hydrogens is 1600 g/mol. The normalized spacial score (nSPS) is 11.6. The first-order chi connectivity index (χ1) is 58.9. The van der Waals surface area contributed by atoms with Crippen LogP contribution in [0, 0.1) is 0 Å². The van der Waals surface area contributed by atoms with Crippen molar-refractivity contribution in [1.82, 2.24) is 0 Å². The fourth-order valence-corrected chi connectivity index (χ4v) is 25.2. The van der Waals surface area contributed by atoms with Crippen molar-refractivity contribution in [3.63, 3.8) is 0 Å². The summed E-state index contributed by atoms with van der Waals surface area (Å²) in [7, 11) is 0. The molecule has 0 atom stereocenters. The summed E-state index contributed by atoms with van der Waals surface area (Å²) in [4.78, 5) is 0. The van der Waals surface area contributed by atoms with Crippen molar-refractivity contribution in [2.75, 3.05) is 0 Å². The molecule has 8 aromatic rings. The minimum Gasteiger partial charge on any atom is -0.117 e. The van der Waals surface area contributed by atoms with Gasteiger partial charge in [0, 0.05) is 0 Å².